The Kier molecular flexibility index (Phi) is 6.03. The molecule has 1 N–H and O–H groups in total. The number of halogens is 1. The predicted molar refractivity (Wildman–Crippen MR) is 89.0 cm³/mol. The number of allylic oxidation sites excluding steroid dienone is 1. The Morgan fingerprint density at radius 2 is 2.23 bits per heavy atom. The molecule has 0 aliphatic heterocycles. The Hall–Kier alpha value is -1.79. The fourth-order valence-corrected chi connectivity index (χ4v) is 2.85. The van der Waals surface area contributed by atoms with E-state index in [1.807, 2.05) is 29.7 Å². The minimum absolute atomic E-state index is 0.0734. The van der Waals surface area contributed by atoms with Crippen LogP contribution in [-0.4, -0.2) is 26.4 Å². The van der Waals surface area contributed by atoms with Crippen molar-refractivity contribution in [2.24, 2.45) is 0 Å². The molecule has 0 fully saturated rings. The molecule has 0 saturated carbocycles. The lowest BCUT2D eigenvalue weighted by Crippen LogP contribution is -2.24. The highest BCUT2D eigenvalue weighted by atomic mass is 35.5. The van der Waals surface area contributed by atoms with Crippen LogP contribution in [0.5, 0.6) is 0 Å². The average Bonchev–Trinajstić information content (AvgIpc) is 2.85. The lowest BCUT2D eigenvalue weighted by atomic mass is 10.2. The number of hydrogen-bond acceptors (Lipinski definition) is 4. The third kappa shape index (κ3) is 4.35. The van der Waals surface area contributed by atoms with E-state index >= 15 is 0 Å². The molecule has 2 rings (SSSR count). The summed E-state index contributed by atoms with van der Waals surface area (Å²) in [5.74, 6) is 1.01. The molecule has 0 saturated heterocycles. The normalized spacial score (nSPS) is 10.5. The van der Waals surface area contributed by atoms with Gasteiger partial charge in [0.1, 0.15) is 5.82 Å². The van der Waals surface area contributed by atoms with Gasteiger partial charge in [0.15, 0.2) is 5.16 Å². The van der Waals surface area contributed by atoms with Crippen LogP contribution >= 0.6 is 23.4 Å². The second-order valence-corrected chi connectivity index (χ2v) is 5.94. The SMILES string of the molecule is C=CCn1c(C)nnc1SCC(=O)NCc1ccccc1Cl. The number of carbonyl (C=O) groups is 1. The monoisotopic (exact) mass is 336 g/mol. The summed E-state index contributed by atoms with van der Waals surface area (Å²) in [6.07, 6.45) is 1.78. The predicted octanol–water partition coefficient (Wildman–Crippen LogP) is 2.83. The lowest BCUT2D eigenvalue weighted by molar-refractivity contribution is -0.118. The van der Waals surface area contributed by atoms with Gasteiger partial charge in [-0.2, -0.15) is 0 Å². The van der Waals surface area contributed by atoms with Crippen molar-refractivity contribution in [3.63, 3.8) is 0 Å². The second-order valence-electron chi connectivity index (χ2n) is 4.59. The van der Waals surface area contributed by atoms with Crippen LogP contribution in [-0.2, 0) is 17.9 Å². The summed E-state index contributed by atoms with van der Waals surface area (Å²) >= 11 is 7.40. The van der Waals surface area contributed by atoms with E-state index in [0.29, 0.717) is 23.3 Å². The molecule has 1 aromatic heterocycles. The molecule has 0 aliphatic carbocycles. The fraction of sp³-hybridized carbons (Fsp3) is 0.267. The highest BCUT2D eigenvalue weighted by Gasteiger charge is 2.11. The molecule has 2 aromatic rings. The van der Waals surface area contributed by atoms with E-state index in [1.165, 1.54) is 11.8 Å². The summed E-state index contributed by atoms with van der Waals surface area (Å²) in [6.45, 7) is 6.62. The lowest BCUT2D eigenvalue weighted by Gasteiger charge is -2.07. The molecule has 0 unspecified atom stereocenters. The summed E-state index contributed by atoms with van der Waals surface area (Å²) in [6, 6.07) is 7.44. The smallest absolute Gasteiger partial charge is 0.230 e. The van der Waals surface area contributed by atoms with Crippen LogP contribution in [0.25, 0.3) is 0 Å². The first-order valence-corrected chi connectivity index (χ1v) is 8.11. The zero-order valence-corrected chi connectivity index (χ0v) is 13.8. The van der Waals surface area contributed by atoms with Gasteiger partial charge in [0.05, 0.1) is 5.75 Å². The number of rotatable bonds is 7. The molecule has 22 heavy (non-hydrogen) atoms. The van der Waals surface area contributed by atoms with E-state index < -0.39 is 0 Å². The zero-order valence-electron chi connectivity index (χ0n) is 12.3. The van der Waals surface area contributed by atoms with Crippen molar-refractivity contribution in [1.29, 1.82) is 0 Å². The number of benzene rings is 1. The van der Waals surface area contributed by atoms with E-state index in [4.69, 9.17) is 11.6 Å². The molecule has 0 spiro atoms. The van der Waals surface area contributed by atoms with Crippen LogP contribution in [0, 0.1) is 6.92 Å². The minimum Gasteiger partial charge on any atom is -0.351 e. The first-order valence-electron chi connectivity index (χ1n) is 6.75. The van der Waals surface area contributed by atoms with Gasteiger partial charge >= 0.3 is 0 Å². The molecule has 0 aliphatic rings. The summed E-state index contributed by atoms with van der Waals surface area (Å²) < 4.78 is 1.92. The highest BCUT2D eigenvalue weighted by molar-refractivity contribution is 7.99. The third-order valence-electron chi connectivity index (χ3n) is 2.98. The van der Waals surface area contributed by atoms with Crippen molar-refractivity contribution in [3.8, 4) is 0 Å². The van der Waals surface area contributed by atoms with Crippen molar-refractivity contribution in [1.82, 2.24) is 20.1 Å². The van der Waals surface area contributed by atoms with Gasteiger partial charge in [0.2, 0.25) is 5.91 Å². The fourth-order valence-electron chi connectivity index (χ4n) is 1.82. The molecule has 1 aromatic carbocycles. The van der Waals surface area contributed by atoms with Crippen LogP contribution < -0.4 is 5.32 Å². The molecule has 5 nitrogen and oxygen atoms in total. The number of hydrogen-bond donors (Lipinski definition) is 1. The standard InChI is InChI=1S/C15H17ClN4OS/c1-3-8-20-11(2)18-19-15(20)22-10-14(21)17-9-12-6-4-5-7-13(12)16/h3-7H,1,8-10H2,2H3,(H,17,21). The maximum Gasteiger partial charge on any atom is 0.230 e. The number of amides is 1. The largest absolute Gasteiger partial charge is 0.351 e. The third-order valence-corrected chi connectivity index (χ3v) is 4.32. The molecule has 0 atom stereocenters. The van der Waals surface area contributed by atoms with E-state index in [2.05, 4.69) is 22.1 Å². The molecule has 0 radical (unpaired) electrons. The Balaban J connectivity index is 1.86. The van der Waals surface area contributed by atoms with Gasteiger partial charge < -0.3 is 9.88 Å². The number of nitrogens with one attached hydrogen (secondary N) is 1. The van der Waals surface area contributed by atoms with Crippen molar-refractivity contribution in [2.45, 2.75) is 25.2 Å². The summed E-state index contributed by atoms with van der Waals surface area (Å²) in [7, 11) is 0. The maximum absolute atomic E-state index is 11.9. The molecule has 7 heteroatoms. The summed E-state index contributed by atoms with van der Waals surface area (Å²) in [4.78, 5) is 11.9. The Morgan fingerprint density at radius 3 is 2.95 bits per heavy atom. The van der Waals surface area contributed by atoms with Gasteiger partial charge in [-0.15, -0.1) is 16.8 Å². The number of aryl methyl sites for hydroxylation is 1. The van der Waals surface area contributed by atoms with Gasteiger partial charge in [-0.25, -0.2) is 0 Å². The number of nitrogens with zero attached hydrogens (tertiary/aromatic N) is 3. The van der Waals surface area contributed by atoms with E-state index in [0.717, 1.165) is 11.4 Å². The van der Waals surface area contributed by atoms with Gasteiger partial charge in [0.25, 0.3) is 0 Å². The topological polar surface area (TPSA) is 59.8 Å². The van der Waals surface area contributed by atoms with E-state index in [9.17, 15) is 4.79 Å². The van der Waals surface area contributed by atoms with Gasteiger partial charge in [-0.3, -0.25) is 4.79 Å². The average molecular weight is 337 g/mol. The van der Waals surface area contributed by atoms with Crippen LogP contribution in [0.4, 0.5) is 0 Å². The van der Waals surface area contributed by atoms with E-state index in [-0.39, 0.29) is 11.7 Å². The Bertz CT molecular complexity index is 671. The van der Waals surface area contributed by atoms with Crippen LogP contribution in [0.15, 0.2) is 42.1 Å². The van der Waals surface area contributed by atoms with Gasteiger partial charge in [-0.1, -0.05) is 47.6 Å². The molecular formula is C15H17ClN4OS. The van der Waals surface area contributed by atoms with Gasteiger partial charge in [-0.05, 0) is 18.6 Å². The highest BCUT2D eigenvalue weighted by Crippen LogP contribution is 2.17. The van der Waals surface area contributed by atoms with Gasteiger partial charge in [0, 0.05) is 18.1 Å². The van der Waals surface area contributed by atoms with E-state index in [1.54, 1.807) is 12.1 Å². The number of thioether (sulfide) groups is 1. The first kappa shape index (κ1) is 16.6. The Labute approximate surface area is 138 Å². The minimum atomic E-state index is -0.0734. The van der Waals surface area contributed by atoms with Crippen LogP contribution in [0.2, 0.25) is 5.02 Å². The zero-order chi connectivity index (χ0) is 15.9. The Morgan fingerprint density at radius 1 is 1.45 bits per heavy atom. The molecule has 1 heterocycles. The molecular weight excluding hydrogens is 320 g/mol. The number of carbonyl (C=O) groups excluding carboxylic acids is 1. The summed E-state index contributed by atoms with van der Waals surface area (Å²) in [5.41, 5.74) is 0.896. The van der Waals surface area contributed by atoms with Crippen molar-refractivity contribution in [3.05, 3.63) is 53.3 Å². The maximum atomic E-state index is 11.9. The first-order chi connectivity index (χ1) is 10.6. The molecule has 0 bridgehead atoms. The van der Waals surface area contributed by atoms with Crippen LogP contribution in [0.1, 0.15) is 11.4 Å². The number of aromatic nitrogens is 3. The molecule has 1 amide bonds. The van der Waals surface area contributed by atoms with Crippen molar-refractivity contribution >= 4 is 29.3 Å². The second kappa shape index (κ2) is 8.00. The quantitative estimate of drug-likeness (QED) is 0.624. The van der Waals surface area contributed by atoms with Crippen molar-refractivity contribution in [2.75, 3.05) is 5.75 Å². The molecule has 116 valence electrons. The van der Waals surface area contributed by atoms with Crippen LogP contribution in [0.3, 0.4) is 0 Å². The van der Waals surface area contributed by atoms with Crippen molar-refractivity contribution < 1.29 is 4.79 Å². The summed E-state index contributed by atoms with van der Waals surface area (Å²) in [5, 5.41) is 12.3.